The predicted octanol–water partition coefficient (Wildman–Crippen LogP) is 3.39. The normalized spacial score (nSPS) is 9.75. The first kappa shape index (κ1) is 9.05. The summed E-state index contributed by atoms with van der Waals surface area (Å²) in [6.45, 7) is 7.84. The van der Waals surface area contributed by atoms with Crippen molar-refractivity contribution in [1.82, 2.24) is 0 Å². The molecule has 1 aromatic carbocycles. The van der Waals surface area contributed by atoms with Gasteiger partial charge in [0.15, 0.2) is 0 Å². The quantitative estimate of drug-likeness (QED) is 0.631. The molecule has 0 saturated carbocycles. The van der Waals surface area contributed by atoms with E-state index < -0.39 is 0 Å². The van der Waals surface area contributed by atoms with Crippen molar-refractivity contribution in [3.63, 3.8) is 0 Å². The van der Waals surface area contributed by atoms with E-state index in [2.05, 4.69) is 31.2 Å². The van der Waals surface area contributed by atoms with Crippen molar-refractivity contribution >= 4 is 0 Å². The Hall–Kier alpha value is -1.04. The van der Waals surface area contributed by atoms with Gasteiger partial charge in [0.05, 0.1) is 0 Å². The maximum absolute atomic E-state index is 5.74. The van der Waals surface area contributed by atoms with E-state index in [4.69, 9.17) is 6.58 Å². The van der Waals surface area contributed by atoms with Crippen LogP contribution >= 0.6 is 0 Å². The van der Waals surface area contributed by atoms with Crippen molar-refractivity contribution < 1.29 is 0 Å². The average molecular weight is 159 g/mol. The van der Waals surface area contributed by atoms with E-state index in [0.29, 0.717) is 0 Å². The molecule has 1 rings (SSSR count). The maximum Gasteiger partial charge on any atom is -0.0241 e. The van der Waals surface area contributed by atoms with Crippen LogP contribution < -0.4 is 0 Å². The first-order chi connectivity index (χ1) is 5.83. The molecule has 0 aliphatic rings. The molecule has 0 heterocycles. The standard InChI is InChI=1S/C12H15/c1-3-11(2)9-10-12-7-5-4-6-8-12/h2,4-8H,3,9-10H2,1H3. The minimum absolute atomic E-state index is 0.993. The van der Waals surface area contributed by atoms with Crippen LogP contribution in [-0.4, -0.2) is 0 Å². The molecular formula is C12H15. The van der Waals surface area contributed by atoms with Crippen molar-refractivity contribution in [2.75, 3.05) is 0 Å². The Morgan fingerprint density at radius 1 is 1.25 bits per heavy atom. The van der Waals surface area contributed by atoms with Crippen molar-refractivity contribution in [1.29, 1.82) is 0 Å². The molecule has 0 heteroatoms. The van der Waals surface area contributed by atoms with Gasteiger partial charge in [-0.25, -0.2) is 0 Å². The SMILES string of the molecule is [CH]=C(CC)CCc1ccccc1. The first-order valence-corrected chi connectivity index (χ1v) is 4.47. The summed E-state index contributed by atoms with van der Waals surface area (Å²) >= 11 is 0. The molecule has 0 amide bonds. The molecule has 0 spiro atoms. The molecule has 0 atom stereocenters. The number of hydrogen-bond donors (Lipinski definition) is 0. The fraction of sp³-hybridized carbons (Fsp3) is 0.333. The number of hydrogen-bond acceptors (Lipinski definition) is 0. The fourth-order valence-electron chi connectivity index (χ4n) is 1.13. The molecule has 0 aliphatic heterocycles. The Morgan fingerprint density at radius 3 is 2.50 bits per heavy atom. The third-order valence-electron chi connectivity index (χ3n) is 2.03. The monoisotopic (exact) mass is 159 g/mol. The highest BCUT2D eigenvalue weighted by atomic mass is 14.0. The van der Waals surface area contributed by atoms with Crippen LogP contribution in [0.3, 0.4) is 0 Å². The van der Waals surface area contributed by atoms with Crippen LogP contribution in [-0.2, 0) is 6.42 Å². The number of benzene rings is 1. The highest BCUT2D eigenvalue weighted by molar-refractivity contribution is 5.15. The van der Waals surface area contributed by atoms with Crippen LogP contribution in [0.4, 0.5) is 0 Å². The summed E-state index contributed by atoms with van der Waals surface area (Å²) in [5, 5.41) is 0. The third-order valence-corrected chi connectivity index (χ3v) is 2.03. The van der Waals surface area contributed by atoms with Gasteiger partial charge < -0.3 is 0 Å². The molecule has 0 nitrogen and oxygen atoms in total. The minimum atomic E-state index is 0.993. The lowest BCUT2D eigenvalue weighted by molar-refractivity contribution is 0.887. The first-order valence-electron chi connectivity index (χ1n) is 4.47. The Balaban J connectivity index is 2.38. The molecule has 63 valence electrons. The van der Waals surface area contributed by atoms with Gasteiger partial charge in [-0.3, -0.25) is 0 Å². The van der Waals surface area contributed by atoms with Gasteiger partial charge in [-0.05, 0) is 24.8 Å². The lowest BCUT2D eigenvalue weighted by Gasteiger charge is -2.01. The molecule has 0 bridgehead atoms. The van der Waals surface area contributed by atoms with Crippen LogP contribution in [0.15, 0.2) is 35.9 Å². The Kier molecular flexibility index (Phi) is 3.59. The molecule has 0 N–H and O–H groups in total. The topological polar surface area (TPSA) is 0 Å². The third kappa shape index (κ3) is 2.91. The lowest BCUT2D eigenvalue weighted by Crippen LogP contribution is -1.86. The van der Waals surface area contributed by atoms with Gasteiger partial charge in [0, 0.05) is 0 Å². The van der Waals surface area contributed by atoms with Gasteiger partial charge >= 0.3 is 0 Å². The largest absolute Gasteiger partial charge is 0.0702 e. The Labute approximate surface area is 74.9 Å². The number of aryl methyl sites for hydroxylation is 1. The molecule has 1 aromatic rings. The van der Waals surface area contributed by atoms with Crippen molar-refractivity contribution in [3.8, 4) is 0 Å². The summed E-state index contributed by atoms with van der Waals surface area (Å²) in [6.07, 6.45) is 3.08. The van der Waals surface area contributed by atoms with Gasteiger partial charge in [-0.15, -0.1) is 0 Å². The fourth-order valence-corrected chi connectivity index (χ4v) is 1.13. The molecule has 0 unspecified atom stereocenters. The number of allylic oxidation sites excluding steroid dienone is 1. The highest BCUT2D eigenvalue weighted by Gasteiger charge is 1.93. The van der Waals surface area contributed by atoms with E-state index >= 15 is 0 Å². The molecule has 0 saturated heterocycles. The van der Waals surface area contributed by atoms with Gasteiger partial charge in [-0.2, -0.15) is 0 Å². The Bertz CT molecular complexity index is 233. The van der Waals surface area contributed by atoms with Crippen molar-refractivity contribution in [3.05, 3.63) is 48.0 Å². The van der Waals surface area contributed by atoms with Gasteiger partial charge in [-0.1, -0.05) is 49.4 Å². The molecular weight excluding hydrogens is 144 g/mol. The highest BCUT2D eigenvalue weighted by Crippen LogP contribution is 2.09. The van der Waals surface area contributed by atoms with Crippen molar-refractivity contribution in [2.45, 2.75) is 26.2 Å². The zero-order chi connectivity index (χ0) is 8.81. The van der Waals surface area contributed by atoms with E-state index in [1.165, 1.54) is 5.56 Å². The summed E-state index contributed by atoms with van der Waals surface area (Å²) in [4.78, 5) is 0. The molecule has 0 fully saturated rings. The van der Waals surface area contributed by atoms with Crippen molar-refractivity contribution in [2.24, 2.45) is 0 Å². The lowest BCUT2D eigenvalue weighted by atomic mass is 10.0. The second kappa shape index (κ2) is 4.76. The average Bonchev–Trinajstić information content (AvgIpc) is 2.16. The maximum atomic E-state index is 5.74. The van der Waals surface area contributed by atoms with Crippen LogP contribution in [0.1, 0.15) is 25.3 Å². The minimum Gasteiger partial charge on any atom is -0.0702 e. The zero-order valence-corrected chi connectivity index (χ0v) is 7.59. The summed E-state index contributed by atoms with van der Waals surface area (Å²) in [5.74, 6) is 0. The van der Waals surface area contributed by atoms with Crippen LogP contribution in [0.25, 0.3) is 0 Å². The van der Waals surface area contributed by atoms with Crippen LogP contribution in [0.2, 0.25) is 0 Å². The summed E-state index contributed by atoms with van der Waals surface area (Å²) in [7, 11) is 0. The second-order valence-corrected chi connectivity index (χ2v) is 3.00. The summed E-state index contributed by atoms with van der Waals surface area (Å²) in [5.41, 5.74) is 2.47. The summed E-state index contributed by atoms with van der Waals surface area (Å²) in [6, 6.07) is 10.5. The second-order valence-electron chi connectivity index (χ2n) is 3.00. The van der Waals surface area contributed by atoms with Gasteiger partial charge in [0.2, 0.25) is 0 Å². The molecule has 12 heavy (non-hydrogen) atoms. The van der Waals surface area contributed by atoms with E-state index in [1.807, 2.05) is 6.07 Å². The van der Waals surface area contributed by atoms with E-state index in [9.17, 15) is 0 Å². The van der Waals surface area contributed by atoms with Crippen LogP contribution in [0.5, 0.6) is 0 Å². The van der Waals surface area contributed by atoms with E-state index in [0.717, 1.165) is 24.8 Å². The zero-order valence-electron chi connectivity index (χ0n) is 7.59. The van der Waals surface area contributed by atoms with E-state index in [-0.39, 0.29) is 0 Å². The van der Waals surface area contributed by atoms with E-state index in [1.54, 1.807) is 0 Å². The van der Waals surface area contributed by atoms with Gasteiger partial charge in [0.25, 0.3) is 0 Å². The summed E-state index contributed by atoms with van der Waals surface area (Å²) < 4.78 is 0. The predicted molar refractivity (Wildman–Crippen MR) is 52.9 cm³/mol. The molecule has 0 aliphatic carbocycles. The molecule has 1 radical (unpaired) electrons. The Morgan fingerprint density at radius 2 is 1.92 bits per heavy atom. The molecule has 0 aromatic heterocycles. The number of rotatable bonds is 4. The van der Waals surface area contributed by atoms with Gasteiger partial charge in [0.1, 0.15) is 0 Å². The van der Waals surface area contributed by atoms with Crippen LogP contribution in [0, 0.1) is 6.58 Å². The smallest absolute Gasteiger partial charge is 0.0241 e.